The van der Waals surface area contributed by atoms with Crippen molar-refractivity contribution in [1.29, 1.82) is 0 Å². The molecule has 4 heteroatoms. The maximum Gasteiger partial charge on any atom is 0.224 e. The highest BCUT2D eigenvalue weighted by Gasteiger charge is 2.10. The van der Waals surface area contributed by atoms with E-state index in [2.05, 4.69) is 6.92 Å². The third-order valence-corrected chi connectivity index (χ3v) is 6.07. The Kier molecular flexibility index (Phi) is 18.1. The van der Waals surface area contributed by atoms with Crippen LogP contribution >= 0.6 is 11.3 Å². The van der Waals surface area contributed by atoms with Crippen LogP contribution in [0.3, 0.4) is 0 Å². The first-order chi connectivity index (χ1) is 13.8. The topological polar surface area (TPSA) is 33.3 Å². The van der Waals surface area contributed by atoms with Crippen LogP contribution in [-0.2, 0) is 11.3 Å². The Balaban J connectivity index is 1.70. The number of nitrogens with zero attached hydrogens (tertiary/aromatic N) is 1. The summed E-state index contributed by atoms with van der Waals surface area (Å²) in [4.78, 5) is 0. The normalized spacial score (nSPS) is 12.5. The van der Waals surface area contributed by atoms with E-state index in [4.69, 9.17) is 4.74 Å². The van der Waals surface area contributed by atoms with Crippen molar-refractivity contribution in [1.82, 2.24) is 0 Å². The second kappa shape index (κ2) is 19.8. The van der Waals surface area contributed by atoms with Crippen molar-refractivity contribution in [2.75, 3.05) is 13.2 Å². The van der Waals surface area contributed by atoms with Crippen molar-refractivity contribution >= 4 is 11.3 Å². The SMILES string of the molecule is CCCCCCCCCCCCCCCCCCOCC(O)C[n+]1ccsc1. The van der Waals surface area contributed by atoms with Gasteiger partial charge in [-0.25, -0.2) is 0 Å². The molecule has 1 aromatic rings. The smallest absolute Gasteiger partial charge is 0.224 e. The van der Waals surface area contributed by atoms with Crippen molar-refractivity contribution in [3.8, 4) is 0 Å². The van der Waals surface area contributed by atoms with Gasteiger partial charge in [0.05, 0.1) is 12.0 Å². The molecular weight excluding hydrogens is 366 g/mol. The molecule has 1 aromatic heterocycles. The Bertz CT molecular complexity index is 411. The van der Waals surface area contributed by atoms with Crippen molar-refractivity contribution in [2.24, 2.45) is 0 Å². The molecule has 0 amide bonds. The van der Waals surface area contributed by atoms with E-state index in [0.717, 1.165) is 13.0 Å². The van der Waals surface area contributed by atoms with Crippen LogP contribution in [0.2, 0.25) is 0 Å². The van der Waals surface area contributed by atoms with E-state index in [9.17, 15) is 5.11 Å². The highest BCUT2D eigenvalue weighted by Crippen LogP contribution is 2.13. The molecule has 0 saturated heterocycles. The van der Waals surface area contributed by atoms with Crippen LogP contribution in [0.15, 0.2) is 17.1 Å². The predicted octanol–water partition coefficient (Wildman–Crippen LogP) is 6.67. The number of rotatable bonds is 21. The monoisotopic (exact) mass is 412 g/mol. The molecule has 0 fully saturated rings. The Morgan fingerprint density at radius 1 is 0.786 bits per heavy atom. The summed E-state index contributed by atoms with van der Waals surface area (Å²) in [5, 5.41) is 11.9. The van der Waals surface area contributed by atoms with Crippen LogP contribution in [0.5, 0.6) is 0 Å². The van der Waals surface area contributed by atoms with E-state index in [1.807, 2.05) is 21.7 Å². The molecule has 1 N–H and O–H groups in total. The van der Waals surface area contributed by atoms with Crippen LogP contribution in [0.25, 0.3) is 0 Å². The molecule has 1 rings (SSSR count). The van der Waals surface area contributed by atoms with Crippen LogP contribution in [0.1, 0.15) is 110 Å². The molecule has 3 nitrogen and oxygen atoms in total. The number of unbranched alkanes of at least 4 members (excludes halogenated alkanes) is 15. The predicted molar refractivity (Wildman–Crippen MR) is 121 cm³/mol. The first-order valence-corrected chi connectivity index (χ1v) is 12.9. The van der Waals surface area contributed by atoms with Crippen LogP contribution in [0, 0.1) is 0 Å². The molecule has 0 aliphatic rings. The van der Waals surface area contributed by atoms with E-state index in [1.54, 1.807) is 11.3 Å². The minimum atomic E-state index is -0.402. The van der Waals surface area contributed by atoms with E-state index in [0.29, 0.717) is 13.2 Å². The number of hydrogen-bond donors (Lipinski definition) is 1. The maximum absolute atomic E-state index is 9.91. The summed E-state index contributed by atoms with van der Waals surface area (Å²) in [5.41, 5.74) is 2.01. The Morgan fingerprint density at radius 3 is 1.75 bits per heavy atom. The Labute approximate surface area is 178 Å². The largest absolute Gasteiger partial charge is 0.384 e. The standard InChI is InChI=1S/C24H46NO2S/c1-2-3-4-5-6-7-8-9-10-11-12-13-14-15-16-17-19-27-22-24(26)21-25-18-20-28-23-25/h18,20,23-24,26H,2-17,19,21-22H2,1H3/q+1. The van der Waals surface area contributed by atoms with Crippen molar-refractivity contribution < 1.29 is 14.4 Å². The number of aromatic nitrogens is 1. The lowest BCUT2D eigenvalue weighted by atomic mass is 10.0. The Hall–Kier alpha value is -0.450. The van der Waals surface area contributed by atoms with Gasteiger partial charge >= 0.3 is 0 Å². The molecule has 1 unspecified atom stereocenters. The average Bonchev–Trinajstić information content (AvgIpc) is 3.20. The van der Waals surface area contributed by atoms with Gasteiger partial charge in [-0.2, -0.15) is 4.57 Å². The fourth-order valence-corrected chi connectivity index (χ4v) is 4.24. The fraction of sp³-hybridized carbons (Fsp3) is 0.875. The van der Waals surface area contributed by atoms with Gasteiger partial charge in [0.1, 0.15) is 6.10 Å². The molecule has 0 radical (unpaired) electrons. The summed E-state index contributed by atoms with van der Waals surface area (Å²) in [6, 6.07) is 0. The van der Waals surface area contributed by atoms with Gasteiger partial charge in [0.15, 0.2) is 12.7 Å². The summed E-state index contributed by atoms with van der Waals surface area (Å²) in [5.74, 6) is 0. The number of ether oxygens (including phenoxy) is 1. The average molecular weight is 413 g/mol. The molecule has 0 saturated carbocycles. The summed E-state index contributed by atoms with van der Waals surface area (Å²) >= 11 is 1.64. The fourth-order valence-electron chi connectivity index (χ4n) is 3.63. The highest BCUT2D eigenvalue weighted by molar-refractivity contribution is 7.07. The van der Waals surface area contributed by atoms with E-state index >= 15 is 0 Å². The van der Waals surface area contributed by atoms with Gasteiger partial charge in [0.25, 0.3) is 0 Å². The summed E-state index contributed by atoms with van der Waals surface area (Å²) < 4.78 is 7.61. The third kappa shape index (κ3) is 16.5. The summed E-state index contributed by atoms with van der Waals surface area (Å²) in [6.45, 7) is 4.14. The summed E-state index contributed by atoms with van der Waals surface area (Å²) in [7, 11) is 0. The second-order valence-electron chi connectivity index (χ2n) is 8.26. The van der Waals surface area contributed by atoms with Crippen LogP contribution in [-0.4, -0.2) is 24.4 Å². The summed E-state index contributed by atoms with van der Waals surface area (Å²) in [6.07, 6.45) is 23.8. The van der Waals surface area contributed by atoms with Gasteiger partial charge < -0.3 is 9.84 Å². The molecule has 0 spiro atoms. The first kappa shape index (κ1) is 25.6. The van der Waals surface area contributed by atoms with E-state index in [1.165, 1.54) is 96.3 Å². The maximum atomic E-state index is 9.91. The molecule has 0 bridgehead atoms. The number of hydrogen-bond acceptors (Lipinski definition) is 3. The van der Waals surface area contributed by atoms with E-state index < -0.39 is 6.10 Å². The lowest BCUT2D eigenvalue weighted by Crippen LogP contribution is -2.39. The second-order valence-corrected chi connectivity index (χ2v) is 9.01. The molecular formula is C24H46NO2S+. The molecule has 1 atom stereocenters. The van der Waals surface area contributed by atoms with Crippen LogP contribution < -0.4 is 4.57 Å². The van der Waals surface area contributed by atoms with Gasteiger partial charge in [-0.1, -0.05) is 115 Å². The minimum absolute atomic E-state index is 0.402. The Morgan fingerprint density at radius 2 is 1.29 bits per heavy atom. The lowest BCUT2D eigenvalue weighted by molar-refractivity contribution is -0.699. The lowest BCUT2D eigenvalue weighted by Gasteiger charge is -2.08. The molecule has 0 aliphatic heterocycles. The van der Waals surface area contributed by atoms with Gasteiger partial charge in [0.2, 0.25) is 5.51 Å². The van der Waals surface area contributed by atoms with Crippen molar-refractivity contribution in [3.05, 3.63) is 17.1 Å². The van der Waals surface area contributed by atoms with Crippen molar-refractivity contribution in [3.63, 3.8) is 0 Å². The minimum Gasteiger partial charge on any atom is -0.384 e. The molecule has 28 heavy (non-hydrogen) atoms. The number of thiazole rings is 1. The van der Waals surface area contributed by atoms with E-state index in [-0.39, 0.29) is 0 Å². The van der Waals surface area contributed by atoms with Crippen molar-refractivity contribution in [2.45, 2.75) is 122 Å². The molecule has 164 valence electrons. The first-order valence-electron chi connectivity index (χ1n) is 12.0. The quantitative estimate of drug-likeness (QED) is 0.180. The molecule has 0 aromatic carbocycles. The third-order valence-electron chi connectivity index (χ3n) is 5.40. The van der Waals surface area contributed by atoms with Gasteiger partial charge in [0, 0.05) is 6.61 Å². The molecule has 0 aliphatic carbocycles. The van der Waals surface area contributed by atoms with Gasteiger partial charge in [-0.15, -0.1) is 0 Å². The van der Waals surface area contributed by atoms with Gasteiger partial charge in [-0.3, -0.25) is 0 Å². The zero-order valence-corrected chi connectivity index (χ0v) is 19.3. The highest BCUT2D eigenvalue weighted by atomic mass is 32.1. The van der Waals surface area contributed by atoms with Crippen LogP contribution in [0.4, 0.5) is 0 Å². The molecule has 1 heterocycles. The number of aliphatic hydroxyl groups is 1. The van der Waals surface area contributed by atoms with Gasteiger partial charge in [-0.05, 0) is 6.42 Å². The zero-order chi connectivity index (χ0) is 20.1. The number of aliphatic hydroxyl groups excluding tert-OH is 1. The zero-order valence-electron chi connectivity index (χ0n) is 18.5.